The molecule has 1 aliphatic heterocycles. The molecule has 0 atom stereocenters. The third-order valence-electron chi connectivity index (χ3n) is 6.91. The Morgan fingerprint density at radius 1 is 0.595 bits per heavy atom. The molecule has 0 radical (unpaired) electrons. The van der Waals surface area contributed by atoms with E-state index in [0.29, 0.717) is 0 Å². The highest BCUT2D eigenvalue weighted by molar-refractivity contribution is 5.94. The Hall–Kier alpha value is -5.10. The molecule has 0 unspecified atom stereocenters. The summed E-state index contributed by atoms with van der Waals surface area (Å²) < 4.78 is 0. The fraction of sp³-hybridized carbons (Fsp3) is 0.417. The van der Waals surface area contributed by atoms with Crippen LogP contribution in [0.2, 0.25) is 0 Å². The molecular formula is C24H28N8O10. The van der Waals surface area contributed by atoms with Gasteiger partial charge in [0.15, 0.2) is 13.1 Å². The fourth-order valence-corrected chi connectivity index (χ4v) is 4.38. The van der Waals surface area contributed by atoms with E-state index in [1.165, 1.54) is 34.1 Å². The Balaban J connectivity index is 1.66. The topological polar surface area (TPSA) is 237 Å². The molecule has 0 aromatic heterocycles. The number of rotatable bonds is 14. The zero-order chi connectivity index (χ0) is 30.9. The lowest BCUT2D eigenvalue weighted by atomic mass is 10.1. The lowest BCUT2D eigenvalue weighted by molar-refractivity contribution is -0.794. The number of nitrogens with zero attached hydrogens (tertiary/aromatic N) is 6. The predicted molar refractivity (Wildman–Crippen MR) is 144 cm³/mol. The molecule has 1 saturated heterocycles. The van der Waals surface area contributed by atoms with Gasteiger partial charge in [-0.15, -0.1) is 0 Å². The van der Waals surface area contributed by atoms with Gasteiger partial charge in [-0.05, 0) is 24.3 Å². The van der Waals surface area contributed by atoms with Crippen LogP contribution in [0, 0.1) is 40.5 Å². The quantitative estimate of drug-likeness (QED) is 0.168. The summed E-state index contributed by atoms with van der Waals surface area (Å²) >= 11 is 0. The van der Waals surface area contributed by atoms with Crippen molar-refractivity contribution in [3.05, 3.63) is 112 Å². The van der Waals surface area contributed by atoms with E-state index in [1.807, 2.05) is 0 Å². The van der Waals surface area contributed by atoms with Crippen molar-refractivity contribution in [1.29, 1.82) is 0 Å². The lowest BCUT2D eigenvalue weighted by Gasteiger charge is -2.36. The Morgan fingerprint density at radius 3 is 1.14 bits per heavy atom. The van der Waals surface area contributed by atoms with Gasteiger partial charge in [-0.2, -0.15) is 0 Å². The molecule has 0 aliphatic carbocycles. The normalized spacial score (nSPS) is 14.5. The standard InChI is InChI=1S/C24H28N8O10/c33-21(19-7-3-1-4-8-19)25-15-23(29(35)36,30(37)38)17-27-11-13-28(14-12-27)18-24(31(39)40,32(41)42)16-26-22(34)20-9-5-2-6-10-20/h1-10H,11-18H2,(H,25,33)(H,26,34). The Kier molecular flexibility index (Phi) is 10.1. The molecule has 224 valence electrons. The van der Waals surface area contributed by atoms with Crippen molar-refractivity contribution in [2.24, 2.45) is 0 Å². The Morgan fingerprint density at radius 2 is 0.881 bits per heavy atom. The number of amides is 2. The molecule has 2 aromatic rings. The molecule has 3 rings (SSSR count). The van der Waals surface area contributed by atoms with Crippen LogP contribution in [-0.2, 0) is 0 Å². The van der Waals surface area contributed by atoms with E-state index in [0.717, 1.165) is 0 Å². The van der Waals surface area contributed by atoms with Crippen molar-refractivity contribution in [3.8, 4) is 0 Å². The van der Waals surface area contributed by atoms with E-state index in [2.05, 4.69) is 10.6 Å². The van der Waals surface area contributed by atoms with E-state index >= 15 is 0 Å². The average Bonchev–Trinajstić information content (AvgIpc) is 2.98. The van der Waals surface area contributed by atoms with Gasteiger partial charge < -0.3 is 10.6 Å². The molecule has 0 spiro atoms. The van der Waals surface area contributed by atoms with Gasteiger partial charge in [-0.1, -0.05) is 36.4 Å². The maximum atomic E-state index is 12.4. The SMILES string of the molecule is O=C(NCC(CN1CCN(CC(CNC(=O)c2ccccc2)([N+](=O)[O-])[N+](=O)[O-])CC1)([N+](=O)[O-])[N+](=O)[O-])c1ccccc1. The van der Waals surface area contributed by atoms with Crippen molar-refractivity contribution in [1.82, 2.24) is 20.4 Å². The summed E-state index contributed by atoms with van der Waals surface area (Å²) in [5, 5.41) is 52.1. The number of nitrogens with one attached hydrogen (secondary N) is 2. The maximum Gasteiger partial charge on any atom is 0.487 e. The van der Waals surface area contributed by atoms with Crippen molar-refractivity contribution in [2.75, 3.05) is 52.4 Å². The minimum absolute atomic E-state index is 0.0437. The molecule has 2 amide bonds. The number of carbonyl (C=O) groups excluding carboxylic acids is 2. The van der Waals surface area contributed by atoms with Crippen molar-refractivity contribution >= 4 is 11.8 Å². The van der Waals surface area contributed by atoms with Crippen LogP contribution in [0.4, 0.5) is 0 Å². The summed E-state index contributed by atoms with van der Waals surface area (Å²) in [6.07, 6.45) is 0. The highest BCUT2D eigenvalue weighted by Crippen LogP contribution is 2.19. The Labute approximate surface area is 237 Å². The number of hydrogen-bond acceptors (Lipinski definition) is 12. The first kappa shape index (κ1) is 31.4. The van der Waals surface area contributed by atoms with Crippen molar-refractivity contribution in [2.45, 2.75) is 11.3 Å². The highest BCUT2D eigenvalue weighted by Gasteiger charge is 2.59. The minimum atomic E-state index is -2.79. The molecule has 18 heteroatoms. The Bertz CT molecular complexity index is 1190. The van der Waals surface area contributed by atoms with E-state index in [-0.39, 0.29) is 37.3 Å². The summed E-state index contributed by atoms with van der Waals surface area (Å²) in [5.41, 5.74) is -5.27. The summed E-state index contributed by atoms with van der Waals surface area (Å²) in [6.45, 7) is -3.38. The third-order valence-corrected chi connectivity index (χ3v) is 6.91. The molecule has 1 fully saturated rings. The van der Waals surface area contributed by atoms with Crippen LogP contribution in [0.1, 0.15) is 20.7 Å². The summed E-state index contributed by atoms with van der Waals surface area (Å²) in [7, 11) is 0. The van der Waals surface area contributed by atoms with Gasteiger partial charge in [0.2, 0.25) is 0 Å². The largest absolute Gasteiger partial charge is 0.487 e. The fourth-order valence-electron chi connectivity index (χ4n) is 4.38. The monoisotopic (exact) mass is 588 g/mol. The van der Waals surface area contributed by atoms with Crippen LogP contribution in [-0.4, -0.2) is 105 Å². The van der Waals surface area contributed by atoms with Gasteiger partial charge in [0, 0.05) is 37.3 Å². The summed E-state index contributed by atoms with van der Waals surface area (Å²) in [5.74, 6) is -1.47. The summed E-state index contributed by atoms with van der Waals surface area (Å²) in [4.78, 5) is 70.8. The first-order valence-corrected chi connectivity index (χ1v) is 12.6. The third kappa shape index (κ3) is 7.15. The lowest BCUT2D eigenvalue weighted by Crippen LogP contribution is -2.65. The zero-order valence-corrected chi connectivity index (χ0v) is 22.2. The highest BCUT2D eigenvalue weighted by atomic mass is 16.7. The first-order chi connectivity index (χ1) is 19.9. The van der Waals surface area contributed by atoms with Crippen LogP contribution in [0.25, 0.3) is 0 Å². The van der Waals surface area contributed by atoms with Crippen LogP contribution in [0.5, 0.6) is 0 Å². The van der Waals surface area contributed by atoms with E-state index in [9.17, 15) is 50.0 Å². The molecule has 18 nitrogen and oxygen atoms in total. The van der Waals surface area contributed by atoms with Crippen LogP contribution in [0.3, 0.4) is 0 Å². The molecule has 0 bridgehead atoms. The first-order valence-electron chi connectivity index (χ1n) is 12.6. The van der Waals surface area contributed by atoms with Gasteiger partial charge in [0.25, 0.3) is 11.8 Å². The number of carbonyl (C=O) groups is 2. The molecule has 1 aliphatic rings. The van der Waals surface area contributed by atoms with E-state index in [4.69, 9.17) is 0 Å². The van der Waals surface area contributed by atoms with Gasteiger partial charge in [0.1, 0.15) is 32.8 Å². The van der Waals surface area contributed by atoms with Crippen molar-refractivity contribution in [3.63, 3.8) is 0 Å². The van der Waals surface area contributed by atoms with E-state index < -0.39 is 69.0 Å². The van der Waals surface area contributed by atoms with Gasteiger partial charge in [-0.25, -0.2) is 0 Å². The second kappa shape index (κ2) is 13.5. The number of piperazine rings is 1. The summed E-state index contributed by atoms with van der Waals surface area (Å²) in [6, 6.07) is 15.3. The van der Waals surface area contributed by atoms with Gasteiger partial charge in [0.05, 0.1) is 0 Å². The number of nitro groups is 4. The van der Waals surface area contributed by atoms with Crippen LogP contribution >= 0.6 is 0 Å². The van der Waals surface area contributed by atoms with Crippen molar-refractivity contribution < 1.29 is 29.3 Å². The molecule has 42 heavy (non-hydrogen) atoms. The molecule has 1 heterocycles. The minimum Gasteiger partial charge on any atom is -0.338 e. The molecule has 2 N–H and O–H groups in total. The average molecular weight is 589 g/mol. The predicted octanol–water partition coefficient (Wildman–Crippen LogP) is -0.0366. The molecule has 0 saturated carbocycles. The second-order valence-corrected chi connectivity index (χ2v) is 9.64. The van der Waals surface area contributed by atoms with Gasteiger partial charge in [-0.3, -0.25) is 59.8 Å². The van der Waals surface area contributed by atoms with Crippen LogP contribution < -0.4 is 10.6 Å². The number of benzene rings is 2. The molecular weight excluding hydrogens is 560 g/mol. The smallest absolute Gasteiger partial charge is 0.338 e. The van der Waals surface area contributed by atoms with E-state index in [1.54, 1.807) is 36.4 Å². The maximum absolute atomic E-state index is 12.4. The molecule has 2 aromatic carbocycles. The number of hydrogen-bond donors (Lipinski definition) is 2. The zero-order valence-electron chi connectivity index (χ0n) is 22.2. The van der Waals surface area contributed by atoms with Crippen LogP contribution in [0.15, 0.2) is 60.7 Å². The second-order valence-electron chi connectivity index (χ2n) is 9.64. The van der Waals surface area contributed by atoms with Gasteiger partial charge >= 0.3 is 11.3 Å².